The Balaban J connectivity index is 2.00. The summed E-state index contributed by atoms with van der Waals surface area (Å²) >= 11 is 0. The van der Waals surface area contributed by atoms with E-state index in [4.69, 9.17) is 15.2 Å². The minimum Gasteiger partial charge on any atom is -0.483 e. The molecule has 1 amide bonds. The van der Waals surface area contributed by atoms with Crippen molar-refractivity contribution in [2.24, 2.45) is 5.73 Å². The maximum Gasteiger partial charge on any atom is 0.257 e. The molecule has 1 aliphatic heterocycles. The van der Waals surface area contributed by atoms with E-state index in [1.807, 2.05) is 32.0 Å². The number of ether oxygens (including phenoxy) is 2. The fourth-order valence-electron chi connectivity index (χ4n) is 2.11. The Bertz CT molecular complexity index is 472. The zero-order valence-electron chi connectivity index (χ0n) is 11.4. The smallest absolute Gasteiger partial charge is 0.257 e. The van der Waals surface area contributed by atoms with E-state index in [1.165, 1.54) is 0 Å². The summed E-state index contributed by atoms with van der Waals surface area (Å²) < 4.78 is 11.4. The molecule has 0 aromatic heterocycles. The summed E-state index contributed by atoms with van der Waals surface area (Å²) in [7, 11) is 0. The molecule has 5 heteroatoms. The molecule has 5 nitrogen and oxygen atoms in total. The average molecular weight is 264 g/mol. The van der Waals surface area contributed by atoms with Crippen LogP contribution in [0.4, 0.5) is 0 Å². The number of nitrogens with two attached hydrogens (primary N) is 1. The van der Waals surface area contributed by atoms with Crippen LogP contribution in [-0.4, -0.2) is 31.2 Å². The molecule has 0 aliphatic carbocycles. The summed E-state index contributed by atoms with van der Waals surface area (Å²) in [6.07, 6.45) is 0.846. The van der Waals surface area contributed by atoms with Gasteiger partial charge in [0.15, 0.2) is 18.1 Å². The quantitative estimate of drug-likeness (QED) is 0.827. The average Bonchev–Trinajstić information content (AvgIpc) is 2.68. The minimum atomic E-state index is -0.219. The molecule has 1 aliphatic rings. The molecule has 1 heterocycles. The van der Waals surface area contributed by atoms with Crippen LogP contribution in [-0.2, 0) is 11.2 Å². The molecule has 3 N–H and O–H groups in total. The largest absolute Gasteiger partial charge is 0.483 e. The molecule has 1 aromatic rings. The molecule has 19 heavy (non-hydrogen) atoms. The molecule has 104 valence electrons. The number of hydrogen-bond donors (Lipinski definition) is 2. The molecule has 0 unspecified atom stereocenters. The van der Waals surface area contributed by atoms with Crippen molar-refractivity contribution in [3.63, 3.8) is 0 Å². The Morgan fingerprint density at radius 2 is 2.32 bits per heavy atom. The van der Waals surface area contributed by atoms with E-state index in [0.29, 0.717) is 18.8 Å². The van der Waals surface area contributed by atoms with Gasteiger partial charge in [-0.25, -0.2) is 0 Å². The van der Waals surface area contributed by atoms with Gasteiger partial charge in [0.25, 0.3) is 5.91 Å². The highest BCUT2D eigenvalue weighted by Crippen LogP contribution is 2.41. The van der Waals surface area contributed by atoms with Crippen LogP contribution < -0.4 is 20.5 Å². The summed E-state index contributed by atoms with van der Waals surface area (Å²) in [5, 5.41) is 2.66. The lowest BCUT2D eigenvalue weighted by Gasteiger charge is -2.18. The van der Waals surface area contributed by atoms with Gasteiger partial charge in [-0.05, 0) is 19.9 Å². The lowest BCUT2D eigenvalue weighted by Crippen LogP contribution is -2.33. The molecular formula is C14H20N2O3. The number of fused-ring (bicyclic) bond motifs is 1. The Hall–Kier alpha value is -1.75. The molecule has 0 atom stereocenters. The van der Waals surface area contributed by atoms with Crippen molar-refractivity contribution < 1.29 is 14.3 Å². The van der Waals surface area contributed by atoms with E-state index in [-0.39, 0.29) is 18.1 Å². The number of hydrogen-bond acceptors (Lipinski definition) is 4. The summed E-state index contributed by atoms with van der Waals surface area (Å²) in [6.45, 7) is 4.91. The number of carbonyl (C=O) groups is 1. The maximum atomic E-state index is 11.5. The topological polar surface area (TPSA) is 73.6 Å². The van der Waals surface area contributed by atoms with E-state index in [2.05, 4.69) is 5.32 Å². The Kier molecular flexibility index (Phi) is 3.95. The zero-order valence-corrected chi connectivity index (χ0v) is 11.4. The van der Waals surface area contributed by atoms with Crippen LogP contribution in [0.2, 0.25) is 0 Å². The van der Waals surface area contributed by atoms with Gasteiger partial charge in [-0.2, -0.15) is 0 Å². The first-order valence-electron chi connectivity index (χ1n) is 6.42. The van der Waals surface area contributed by atoms with Crippen LogP contribution in [0, 0.1) is 0 Å². The number of para-hydroxylation sites is 1. The van der Waals surface area contributed by atoms with Gasteiger partial charge in [0.05, 0.1) is 0 Å². The first-order valence-corrected chi connectivity index (χ1v) is 6.42. The van der Waals surface area contributed by atoms with Gasteiger partial charge < -0.3 is 20.5 Å². The van der Waals surface area contributed by atoms with Crippen molar-refractivity contribution in [1.82, 2.24) is 5.32 Å². The van der Waals surface area contributed by atoms with Gasteiger partial charge in [0, 0.05) is 25.1 Å². The fourth-order valence-corrected chi connectivity index (χ4v) is 2.11. The normalized spacial score (nSPS) is 15.5. The van der Waals surface area contributed by atoms with E-state index in [0.717, 1.165) is 17.7 Å². The predicted octanol–water partition coefficient (Wildman–Crippen LogP) is 0.854. The van der Waals surface area contributed by atoms with E-state index in [9.17, 15) is 4.79 Å². The van der Waals surface area contributed by atoms with Gasteiger partial charge >= 0.3 is 0 Å². The molecule has 0 spiro atoms. The number of nitrogens with one attached hydrogen (secondary N) is 1. The third-order valence-corrected chi connectivity index (χ3v) is 2.88. The molecule has 2 rings (SSSR count). The first-order chi connectivity index (χ1) is 9.02. The molecule has 0 saturated carbocycles. The van der Waals surface area contributed by atoms with Crippen LogP contribution in [0.3, 0.4) is 0 Å². The summed E-state index contributed by atoms with van der Waals surface area (Å²) in [5.41, 5.74) is 6.21. The van der Waals surface area contributed by atoms with Gasteiger partial charge in [-0.1, -0.05) is 12.1 Å². The van der Waals surface area contributed by atoms with Crippen LogP contribution in [0.5, 0.6) is 11.5 Å². The number of rotatable bonds is 5. The monoisotopic (exact) mass is 264 g/mol. The molecule has 0 bridgehead atoms. The van der Waals surface area contributed by atoms with E-state index in [1.54, 1.807) is 0 Å². The van der Waals surface area contributed by atoms with Gasteiger partial charge in [0.2, 0.25) is 0 Å². The highest BCUT2D eigenvalue weighted by atomic mass is 16.5. The van der Waals surface area contributed by atoms with Crippen molar-refractivity contribution in [2.45, 2.75) is 25.9 Å². The van der Waals surface area contributed by atoms with Crippen molar-refractivity contribution in [3.8, 4) is 11.5 Å². The Labute approximate surface area is 113 Å². The first kappa shape index (κ1) is 13.7. The number of carbonyl (C=O) groups excluding carboxylic acids is 1. The third-order valence-electron chi connectivity index (χ3n) is 2.88. The number of amides is 1. The molecule has 0 radical (unpaired) electrons. The highest BCUT2D eigenvalue weighted by molar-refractivity contribution is 5.77. The molecule has 0 saturated heterocycles. The van der Waals surface area contributed by atoms with Gasteiger partial charge in [0.1, 0.15) is 5.60 Å². The second-order valence-corrected chi connectivity index (χ2v) is 5.21. The fraction of sp³-hybridized carbons (Fsp3) is 0.500. The van der Waals surface area contributed by atoms with Crippen LogP contribution in [0.1, 0.15) is 19.4 Å². The summed E-state index contributed by atoms with van der Waals surface area (Å²) in [4.78, 5) is 11.5. The van der Waals surface area contributed by atoms with E-state index >= 15 is 0 Å². The molecule has 1 aromatic carbocycles. The lowest BCUT2D eigenvalue weighted by molar-refractivity contribution is -0.123. The summed E-state index contributed by atoms with van der Waals surface area (Å²) in [6, 6.07) is 5.75. The minimum absolute atomic E-state index is 0.0275. The van der Waals surface area contributed by atoms with Crippen LogP contribution in [0.25, 0.3) is 0 Å². The standard InChI is InChI=1S/C14H20N2O3/c1-14(2)8-10-4-3-5-11(13(10)19-14)18-9-12(17)16-7-6-15/h3-5H,6-9,15H2,1-2H3,(H,16,17). The number of benzene rings is 1. The van der Waals surface area contributed by atoms with Gasteiger partial charge in [-0.3, -0.25) is 4.79 Å². The second kappa shape index (κ2) is 5.48. The predicted molar refractivity (Wildman–Crippen MR) is 72.4 cm³/mol. The molecular weight excluding hydrogens is 244 g/mol. The van der Waals surface area contributed by atoms with Crippen LogP contribution in [0.15, 0.2) is 18.2 Å². The van der Waals surface area contributed by atoms with E-state index < -0.39 is 0 Å². The third kappa shape index (κ3) is 3.38. The van der Waals surface area contributed by atoms with Crippen molar-refractivity contribution in [3.05, 3.63) is 23.8 Å². The Morgan fingerprint density at radius 3 is 3.05 bits per heavy atom. The molecule has 0 fully saturated rings. The van der Waals surface area contributed by atoms with Gasteiger partial charge in [-0.15, -0.1) is 0 Å². The van der Waals surface area contributed by atoms with Crippen molar-refractivity contribution in [1.29, 1.82) is 0 Å². The lowest BCUT2D eigenvalue weighted by atomic mass is 10.0. The second-order valence-electron chi connectivity index (χ2n) is 5.21. The highest BCUT2D eigenvalue weighted by Gasteiger charge is 2.32. The summed E-state index contributed by atoms with van der Waals surface area (Å²) in [5.74, 6) is 1.19. The van der Waals surface area contributed by atoms with Crippen molar-refractivity contribution >= 4 is 5.91 Å². The SMILES string of the molecule is CC1(C)Cc2cccc(OCC(=O)NCCN)c2O1. The van der Waals surface area contributed by atoms with Crippen molar-refractivity contribution in [2.75, 3.05) is 19.7 Å². The Morgan fingerprint density at radius 1 is 1.53 bits per heavy atom. The maximum absolute atomic E-state index is 11.5. The zero-order chi connectivity index (χ0) is 13.9. The van der Waals surface area contributed by atoms with Crippen LogP contribution >= 0.6 is 0 Å².